The van der Waals surface area contributed by atoms with Gasteiger partial charge in [-0.15, -0.1) is 0 Å². The number of aliphatic hydroxyl groups excluding tert-OH is 2. The van der Waals surface area contributed by atoms with Crippen LogP contribution in [0.4, 0.5) is 0 Å². The Morgan fingerprint density at radius 1 is 0.769 bits per heavy atom. The SMILES string of the molecule is Cc1ncc(CO)c(-c2cccc(-c3c(CO)cnc(C)c3O)n2)c1O. The Morgan fingerprint density at radius 2 is 1.19 bits per heavy atom. The van der Waals surface area contributed by atoms with Crippen LogP contribution in [0.5, 0.6) is 11.5 Å². The first kappa shape index (κ1) is 17.8. The Hall–Kier alpha value is -3.03. The molecule has 3 aromatic heterocycles. The zero-order valence-electron chi connectivity index (χ0n) is 14.4. The average molecular weight is 353 g/mol. The minimum Gasteiger partial charge on any atom is -0.505 e. The molecular weight excluding hydrogens is 334 g/mol. The fourth-order valence-corrected chi connectivity index (χ4v) is 2.79. The van der Waals surface area contributed by atoms with E-state index in [-0.39, 0.29) is 24.7 Å². The van der Waals surface area contributed by atoms with Crippen molar-refractivity contribution in [1.82, 2.24) is 15.0 Å². The third-order valence-electron chi connectivity index (χ3n) is 4.23. The fourth-order valence-electron chi connectivity index (χ4n) is 2.79. The lowest BCUT2D eigenvalue weighted by molar-refractivity contribution is 0.281. The van der Waals surface area contributed by atoms with Crippen LogP contribution in [-0.4, -0.2) is 35.4 Å². The standard InChI is InChI=1S/C19H19N3O4/c1-10-18(25)16(12(8-23)6-20-10)14-4-3-5-15(22-14)17-13(9-24)7-21-11(2)19(17)26/h3-7,23-26H,8-9H2,1-2H3. The van der Waals surface area contributed by atoms with Gasteiger partial charge in [0.15, 0.2) is 0 Å². The Balaban J connectivity index is 2.24. The van der Waals surface area contributed by atoms with Crippen LogP contribution < -0.4 is 0 Å². The Kier molecular flexibility index (Phi) is 4.83. The highest BCUT2D eigenvalue weighted by Gasteiger charge is 2.18. The number of aromatic nitrogens is 3. The lowest BCUT2D eigenvalue weighted by atomic mass is 10.0. The summed E-state index contributed by atoms with van der Waals surface area (Å²) < 4.78 is 0. The van der Waals surface area contributed by atoms with Gasteiger partial charge < -0.3 is 20.4 Å². The number of rotatable bonds is 4. The van der Waals surface area contributed by atoms with Crippen molar-refractivity contribution < 1.29 is 20.4 Å². The molecule has 7 heteroatoms. The zero-order valence-corrected chi connectivity index (χ0v) is 14.4. The van der Waals surface area contributed by atoms with Crippen LogP contribution >= 0.6 is 0 Å². The molecule has 0 amide bonds. The predicted octanol–water partition coefficient (Wildman–Crippen LogP) is 2.22. The molecule has 0 unspecified atom stereocenters. The summed E-state index contributed by atoms with van der Waals surface area (Å²) in [5, 5.41) is 40.0. The lowest BCUT2D eigenvalue weighted by Crippen LogP contribution is -1.99. The van der Waals surface area contributed by atoms with Gasteiger partial charge in [0, 0.05) is 23.5 Å². The summed E-state index contributed by atoms with van der Waals surface area (Å²) in [5.41, 5.74) is 3.34. The molecule has 7 nitrogen and oxygen atoms in total. The van der Waals surface area contributed by atoms with Gasteiger partial charge in [0.2, 0.25) is 0 Å². The van der Waals surface area contributed by atoms with Gasteiger partial charge in [-0.1, -0.05) is 6.07 Å². The summed E-state index contributed by atoms with van der Waals surface area (Å²) in [7, 11) is 0. The Labute approximate surface area is 150 Å². The number of hydrogen-bond donors (Lipinski definition) is 4. The first-order chi connectivity index (χ1) is 12.5. The van der Waals surface area contributed by atoms with Crippen LogP contribution in [0.2, 0.25) is 0 Å². The smallest absolute Gasteiger partial charge is 0.146 e. The number of aliphatic hydroxyl groups is 2. The van der Waals surface area contributed by atoms with Crippen molar-refractivity contribution in [3.05, 3.63) is 53.1 Å². The molecule has 0 aromatic carbocycles. The molecule has 0 fully saturated rings. The van der Waals surface area contributed by atoms with E-state index in [4.69, 9.17) is 0 Å². The monoisotopic (exact) mass is 353 g/mol. The molecule has 3 aromatic rings. The highest BCUT2D eigenvalue weighted by atomic mass is 16.3. The number of hydrogen-bond acceptors (Lipinski definition) is 7. The van der Waals surface area contributed by atoms with Crippen molar-refractivity contribution >= 4 is 0 Å². The first-order valence-electron chi connectivity index (χ1n) is 8.02. The summed E-state index contributed by atoms with van der Waals surface area (Å²) in [5.74, 6) is -0.113. The van der Waals surface area contributed by atoms with Crippen LogP contribution in [0.3, 0.4) is 0 Å². The van der Waals surface area contributed by atoms with Crippen molar-refractivity contribution in [2.75, 3.05) is 0 Å². The molecule has 0 aliphatic carbocycles. The van der Waals surface area contributed by atoms with Crippen molar-refractivity contribution in [1.29, 1.82) is 0 Å². The van der Waals surface area contributed by atoms with E-state index in [0.29, 0.717) is 45.0 Å². The van der Waals surface area contributed by atoms with Crippen LogP contribution in [0.25, 0.3) is 22.5 Å². The Morgan fingerprint density at radius 3 is 1.58 bits per heavy atom. The fraction of sp³-hybridized carbons (Fsp3) is 0.211. The third kappa shape index (κ3) is 2.98. The molecule has 134 valence electrons. The summed E-state index contributed by atoms with van der Waals surface area (Å²) >= 11 is 0. The predicted molar refractivity (Wildman–Crippen MR) is 95.3 cm³/mol. The second-order valence-corrected chi connectivity index (χ2v) is 5.91. The first-order valence-corrected chi connectivity index (χ1v) is 8.02. The van der Waals surface area contributed by atoms with Gasteiger partial charge in [-0.3, -0.25) is 9.97 Å². The molecular formula is C19H19N3O4. The van der Waals surface area contributed by atoms with Gasteiger partial charge >= 0.3 is 0 Å². The number of aromatic hydroxyl groups is 2. The second kappa shape index (κ2) is 7.07. The number of pyridine rings is 3. The summed E-state index contributed by atoms with van der Waals surface area (Å²) in [4.78, 5) is 12.6. The van der Waals surface area contributed by atoms with E-state index in [9.17, 15) is 20.4 Å². The highest BCUT2D eigenvalue weighted by Crippen LogP contribution is 2.37. The molecule has 0 aliphatic heterocycles. The molecule has 26 heavy (non-hydrogen) atoms. The number of nitrogens with zero attached hydrogens (tertiary/aromatic N) is 3. The zero-order chi connectivity index (χ0) is 18.8. The highest BCUT2D eigenvalue weighted by molar-refractivity contribution is 5.76. The van der Waals surface area contributed by atoms with Crippen molar-refractivity contribution in [2.45, 2.75) is 27.1 Å². The van der Waals surface area contributed by atoms with Gasteiger partial charge in [-0.2, -0.15) is 0 Å². The number of aryl methyl sites for hydroxylation is 2. The van der Waals surface area contributed by atoms with Crippen LogP contribution in [-0.2, 0) is 13.2 Å². The lowest BCUT2D eigenvalue weighted by Gasteiger charge is -2.14. The minimum atomic E-state index is -0.302. The molecule has 0 saturated heterocycles. The summed E-state index contributed by atoms with van der Waals surface area (Å²) in [6.45, 7) is 2.71. The van der Waals surface area contributed by atoms with Crippen molar-refractivity contribution in [2.24, 2.45) is 0 Å². The second-order valence-electron chi connectivity index (χ2n) is 5.91. The molecule has 0 atom stereocenters. The van der Waals surface area contributed by atoms with Gasteiger partial charge in [-0.25, -0.2) is 4.98 Å². The normalized spacial score (nSPS) is 10.9. The van der Waals surface area contributed by atoms with Gasteiger partial charge in [0.05, 0.1) is 47.1 Å². The maximum atomic E-state index is 10.4. The average Bonchev–Trinajstić information content (AvgIpc) is 2.65. The molecule has 4 N–H and O–H groups in total. The van der Waals surface area contributed by atoms with Gasteiger partial charge in [0.1, 0.15) is 11.5 Å². The molecule has 0 spiro atoms. The van der Waals surface area contributed by atoms with E-state index in [1.807, 2.05) is 0 Å². The van der Waals surface area contributed by atoms with E-state index in [2.05, 4.69) is 15.0 Å². The van der Waals surface area contributed by atoms with Crippen LogP contribution in [0, 0.1) is 13.8 Å². The van der Waals surface area contributed by atoms with E-state index >= 15 is 0 Å². The van der Waals surface area contributed by atoms with Crippen LogP contribution in [0.1, 0.15) is 22.5 Å². The molecule has 3 rings (SSSR count). The largest absolute Gasteiger partial charge is 0.505 e. The van der Waals surface area contributed by atoms with Gasteiger partial charge in [0.25, 0.3) is 0 Å². The topological polar surface area (TPSA) is 120 Å². The summed E-state index contributed by atoms with van der Waals surface area (Å²) in [6.07, 6.45) is 2.98. The van der Waals surface area contributed by atoms with Crippen LogP contribution in [0.15, 0.2) is 30.6 Å². The minimum absolute atomic E-state index is 0.0567. The maximum Gasteiger partial charge on any atom is 0.146 e. The van der Waals surface area contributed by atoms with Crippen molar-refractivity contribution in [3.8, 4) is 34.0 Å². The molecule has 3 heterocycles. The van der Waals surface area contributed by atoms with E-state index in [1.54, 1.807) is 32.0 Å². The molecule has 0 bridgehead atoms. The molecule has 0 saturated carbocycles. The van der Waals surface area contributed by atoms with Gasteiger partial charge in [-0.05, 0) is 26.0 Å². The molecule has 0 aliphatic rings. The third-order valence-corrected chi connectivity index (χ3v) is 4.23. The van der Waals surface area contributed by atoms with E-state index in [0.717, 1.165) is 0 Å². The Bertz CT molecular complexity index is 898. The summed E-state index contributed by atoms with van der Waals surface area (Å²) in [6, 6.07) is 5.12. The quantitative estimate of drug-likeness (QED) is 0.568. The molecule has 0 radical (unpaired) electrons. The van der Waals surface area contributed by atoms with E-state index < -0.39 is 0 Å². The maximum absolute atomic E-state index is 10.4. The van der Waals surface area contributed by atoms with E-state index in [1.165, 1.54) is 12.4 Å². The van der Waals surface area contributed by atoms with Crippen molar-refractivity contribution in [3.63, 3.8) is 0 Å².